The van der Waals surface area contributed by atoms with Crippen LogP contribution in [0.5, 0.6) is 0 Å². The maximum absolute atomic E-state index is 13.3. The molecule has 0 radical (unpaired) electrons. The summed E-state index contributed by atoms with van der Waals surface area (Å²) < 4.78 is 12.7. The molecule has 140 valence electrons. The van der Waals surface area contributed by atoms with Crippen LogP contribution in [0.1, 0.15) is 24.8 Å². The van der Waals surface area contributed by atoms with E-state index in [2.05, 4.69) is 40.1 Å². The van der Waals surface area contributed by atoms with Gasteiger partial charge in [0.2, 0.25) is 5.91 Å². The number of hydrogen-bond acceptors (Lipinski definition) is 4. The highest BCUT2D eigenvalue weighted by Crippen LogP contribution is 2.69. The summed E-state index contributed by atoms with van der Waals surface area (Å²) in [5.41, 5.74) is 3.49. The molecule has 1 aromatic rings. The van der Waals surface area contributed by atoms with Gasteiger partial charge in [0.15, 0.2) is 0 Å². The van der Waals surface area contributed by atoms with E-state index in [1.54, 1.807) is 0 Å². The van der Waals surface area contributed by atoms with E-state index in [1.807, 2.05) is 7.11 Å². The Labute approximate surface area is 158 Å². The second-order valence-corrected chi connectivity index (χ2v) is 9.10. The first-order valence-corrected chi connectivity index (χ1v) is 10.2. The van der Waals surface area contributed by atoms with Crippen molar-refractivity contribution in [2.45, 2.75) is 42.5 Å². The van der Waals surface area contributed by atoms with E-state index in [-0.39, 0.29) is 29.2 Å². The predicted octanol–water partition coefficient (Wildman–Crippen LogP) is 2.07. The van der Waals surface area contributed by atoms with Crippen LogP contribution in [0.15, 0.2) is 35.9 Å². The Balaban J connectivity index is 1.58. The maximum atomic E-state index is 13.3. The van der Waals surface area contributed by atoms with E-state index in [0.29, 0.717) is 24.9 Å². The molecule has 5 nitrogen and oxygen atoms in total. The number of amides is 1. The van der Waals surface area contributed by atoms with Crippen molar-refractivity contribution in [1.82, 2.24) is 4.90 Å². The van der Waals surface area contributed by atoms with E-state index in [9.17, 15) is 4.79 Å². The third-order valence-electron chi connectivity index (χ3n) is 8.65. The van der Waals surface area contributed by atoms with E-state index >= 15 is 0 Å². The van der Waals surface area contributed by atoms with Crippen LogP contribution in [0, 0.1) is 11.8 Å². The van der Waals surface area contributed by atoms with Crippen LogP contribution < -0.4 is 4.90 Å². The number of nitrogens with zero attached hydrogens (tertiary/aromatic N) is 2. The highest BCUT2D eigenvalue weighted by Gasteiger charge is 2.77. The molecule has 5 heteroatoms. The van der Waals surface area contributed by atoms with E-state index in [0.717, 1.165) is 31.6 Å². The van der Waals surface area contributed by atoms with Crippen LogP contribution in [0.25, 0.3) is 0 Å². The molecule has 5 heterocycles. The summed E-state index contributed by atoms with van der Waals surface area (Å²) >= 11 is 0. The average Bonchev–Trinajstić information content (AvgIpc) is 3.13. The number of anilines is 1. The Morgan fingerprint density at radius 3 is 3.07 bits per heavy atom. The van der Waals surface area contributed by atoms with Crippen LogP contribution in [0.2, 0.25) is 0 Å². The van der Waals surface area contributed by atoms with Crippen LogP contribution in [-0.2, 0) is 19.7 Å². The quantitative estimate of drug-likeness (QED) is 0.716. The number of benzene rings is 1. The number of rotatable bonds is 1. The van der Waals surface area contributed by atoms with Crippen LogP contribution in [0.4, 0.5) is 5.69 Å². The van der Waals surface area contributed by atoms with Gasteiger partial charge in [-0.3, -0.25) is 9.69 Å². The van der Waals surface area contributed by atoms with Crippen molar-refractivity contribution < 1.29 is 14.3 Å². The number of methoxy groups -OCH3 is 1. The van der Waals surface area contributed by atoms with Crippen molar-refractivity contribution in [2.24, 2.45) is 11.8 Å². The molecule has 6 atom stereocenters. The van der Waals surface area contributed by atoms with Crippen LogP contribution >= 0.6 is 0 Å². The molecule has 1 saturated carbocycles. The molecule has 6 aliphatic rings. The molecule has 27 heavy (non-hydrogen) atoms. The third kappa shape index (κ3) is 1.42. The molecule has 0 aromatic heterocycles. The highest BCUT2D eigenvalue weighted by molar-refractivity contribution is 5.99. The number of para-hydroxylation sites is 1. The topological polar surface area (TPSA) is 42.0 Å². The molecular weight excluding hydrogens is 340 g/mol. The first-order valence-electron chi connectivity index (χ1n) is 10.2. The standard InChI is InChI=1S/C22H24N2O3/c1-26-22-11-14-13-6-9-27-17-10-18(25)24-16-5-3-2-4-15(16)21(22,20(24)19(14)17)7-8-23(22)12-13/h2-6,14,17,19-20H,7-12H2,1H3/t14-,17+,19-,20+,21-,22+/m1/s1. The first kappa shape index (κ1) is 15.3. The maximum Gasteiger partial charge on any atom is 0.229 e. The van der Waals surface area contributed by atoms with Gasteiger partial charge in [-0.1, -0.05) is 29.8 Å². The number of fused-ring (bicyclic) bond motifs is 2. The molecule has 1 spiro atoms. The van der Waals surface area contributed by atoms with Gasteiger partial charge in [-0.15, -0.1) is 0 Å². The highest BCUT2D eigenvalue weighted by atomic mass is 16.5. The second kappa shape index (κ2) is 4.65. The number of piperidine rings is 2. The Kier molecular flexibility index (Phi) is 2.63. The fraction of sp³-hybridized carbons (Fsp3) is 0.591. The summed E-state index contributed by atoms with van der Waals surface area (Å²) in [5, 5.41) is 0. The molecule has 4 fully saturated rings. The summed E-state index contributed by atoms with van der Waals surface area (Å²) in [6, 6.07) is 8.74. The molecule has 7 rings (SSSR count). The molecule has 3 saturated heterocycles. The Morgan fingerprint density at radius 2 is 2.19 bits per heavy atom. The van der Waals surface area contributed by atoms with Gasteiger partial charge in [-0.2, -0.15) is 0 Å². The number of carbonyl (C=O) groups excluding carboxylic acids is 1. The normalized spacial score (nSPS) is 46.2. The van der Waals surface area contributed by atoms with Crippen molar-refractivity contribution in [3.63, 3.8) is 0 Å². The summed E-state index contributed by atoms with van der Waals surface area (Å²) in [6.07, 6.45) is 4.91. The zero-order valence-electron chi connectivity index (χ0n) is 15.6. The van der Waals surface area contributed by atoms with Crippen molar-refractivity contribution >= 4 is 11.6 Å². The average molecular weight is 364 g/mol. The van der Waals surface area contributed by atoms with Gasteiger partial charge in [0.05, 0.1) is 30.6 Å². The minimum atomic E-state index is -0.312. The largest absolute Gasteiger partial charge is 0.373 e. The third-order valence-corrected chi connectivity index (χ3v) is 8.65. The van der Waals surface area contributed by atoms with Gasteiger partial charge >= 0.3 is 0 Å². The lowest BCUT2D eigenvalue weighted by atomic mass is 9.51. The van der Waals surface area contributed by atoms with Gasteiger partial charge in [-0.25, -0.2) is 0 Å². The molecule has 2 bridgehead atoms. The summed E-state index contributed by atoms with van der Waals surface area (Å²) in [7, 11) is 1.88. The van der Waals surface area contributed by atoms with Crippen LogP contribution in [-0.4, -0.2) is 55.5 Å². The smallest absolute Gasteiger partial charge is 0.229 e. The molecule has 1 amide bonds. The summed E-state index contributed by atoms with van der Waals surface area (Å²) in [6.45, 7) is 2.65. The van der Waals surface area contributed by atoms with Crippen LogP contribution in [0.3, 0.4) is 0 Å². The van der Waals surface area contributed by atoms with E-state index in [4.69, 9.17) is 9.47 Å². The van der Waals surface area contributed by atoms with E-state index in [1.165, 1.54) is 11.1 Å². The Morgan fingerprint density at radius 1 is 1.30 bits per heavy atom. The minimum Gasteiger partial charge on any atom is -0.373 e. The lowest BCUT2D eigenvalue weighted by Crippen LogP contribution is -2.75. The predicted molar refractivity (Wildman–Crippen MR) is 99.4 cm³/mol. The monoisotopic (exact) mass is 364 g/mol. The summed E-state index contributed by atoms with van der Waals surface area (Å²) in [4.78, 5) is 18.0. The lowest BCUT2D eigenvalue weighted by molar-refractivity contribution is -0.213. The SMILES string of the molecule is CO[C@@]12C[C@@H]3C4=CCO[C@H]5CC(=O)N6c7ccccc7[C@]1(CCN2C4)[C@@H]6[C@@H]53. The van der Waals surface area contributed by atoms with Crippen molar-refractivity contribution in [3.05, 3.63) is 41.5 Å². The van der Waals surface area contributed by atoms with Gasteiger partial charge < -0.3 is 14.4 Å². The minimum absolute atomic E-state index is 0.0330. The fourth-order valence-electron chi connectivity index (χ4n) is 7.89. The lowest BCUT2D eigenvalue weighted by Gasteiger charge is -2.63. The molecule has 0 unspecified atom stereocenters. The zero-order valence-corrected chi connectivity index (χ0v) is 15.6. The van der Waals surface area contributed by atoms with Gasteiger partial charge in [-0.05, 0) is 30.4 Å². The molecular formula is C22H24N2O3. The second-order valence-electron chi connectivity index (χ2n) is 9.10. The fourth-order valence-corrected chi connectivity index (χ4v) is 7.89. The number of carbonyl (C=O) groups is 1. The van der Waals surface area contributed by atoms with Gasteiger partial charge in [0.25, 0.3) is 0 Å². The molecule has 1 aromatic carbocycles. The molecule has 5 aliphatic heterocycles. The Hall–Kier alpha value is -1.69. The summed E-state index contributed by atoms with van der Waals surface area (Å²) in [5.74, 6) is 1.04. The first-order chi connectivity index (χ1) is 13.2. The van der Waals surface area contributed by atoms with Gasteiger partial charge in [0, 0.05) is 31.8 Å². The van der Waals surface area contributed by atoms with Crippen molar-refractivity contribution in [1.29, 1.82) is 0 Å². The van der Waals surface area contributed by atoms with Crippen molar-refractivity contribution in [3.8, 4) is 0 Å². The van der Waals surface area contributed by atoms with E-state index < -0.39 is 0 Å². The number of ether oxygens (including phenoxy) is 2. The number of hydrogen-bond donors (Lipinski definition) is 0. The molecule has 1 aliphatic carbocycles. The zero-order chi connectivity index (χ0) is 18.0. The Bertz CT molecular complexity index is 913. The van der Waals surface area contributed by atoms with Crippen molar-refractivity contribution in [2.75, 3.05) is 31.7 Å². The van der Waals surface area contributed by atoms with Gasteiger partial charge in [0.1, 0.15) is 5.72 Å². The molecule has 0 N–H and O–H groups in total.